The maximum absolute atomic E-state index is 12.1. The number of nitrogens with one attached hydrogen (secondary N) is 1. The van der Waals surface area contributed by atoms with Crippen LogP contribution in [0.5, 0.6) is 0 Å². The van der Waals surface area contributed by atoms with Crippen LogP contribution in [0.4, 0.5) is 0 Å². The zero-order valence-corrected chi connectivity index (χ0v) is 13.8. The van der Waals surface area contributed by atoms with Gasteiger partial charge >= 0.3 is 0 Å². The van der Waals surface area contributed by atoms with Crippen molar-refractivity contribution in [2.45, 2.75) is 30.0 Å². The molecule has 0 spiro atoms. The molecular weight excluding hydrogens is 314 g/mol. The number of nitrogens with zero attached hydrogens (tertiary/aromatic N) is 1. The molecule has 1 saturated carbocycles. The second-order valence-electron chi connectivity index (χ2n) is 4.74. The summed E-state index contributed by atoms with van der Waals surface area (Å²) in [6.07, 6.45) is 2.45. The van der Waals surface area contributed by atoms with Crippen LogP contribution in [0.2, 0.25) is 0 Å². The fourth-order valence-electron chi connectivity index (χ4n) is 2.03. The highest BCUT2D eigenvalue weighted by molar-refractivity contribution is 7.91. The lowest BCUT2D eigenvalue weighted by atomic mass is 10.4. The smallest absolute Gasteiger partial charge is 0.250 e. The molecule has 1 aromatic rings. The summed E-state index contributed by atoms with van der Waals surface area (Å²) in [6, 6.07) is 3.83. The average Bonchev–Trinajstić information content (AvgIpc) is 3.08. The summed E-state index contributed by atoms with van der Waals surface area (Å²) in [5, 5.41) is 0. The minimum Gasteiger partial charge on any atom is -0.389 e. The molecule has 1 aromatic heterocycles. The predicted molar refractivity (Wildman–Crippen MR) is 85.7 cm³/mol. The third-order valence-electron chi connectivity index (χ3n) is 3.25. The molecule has 0 aliphatic heterocycles. The van der Waals surface area contributed by atoms with E-state index in [2.05, 4.69) is 16.5 Å². The first-order valence-corrected chi connectivity index (χ1v) is 9.28. The van der Waals surface area contributed by atoms with Crippen molar-refractivity contribution in [3.63, 3.8) is 0 Å². The monoisotopic (exact) mass is 333 g/mol. The molecule has 112 valence electrons. The van der Waals surface area contributed by atoms with Crippen LogP contribution in [0.15, 0.2) is 16.3 Å². The lowest BCUT2D eigenvalue weighted by Gasteiger charge is -2.19. The van der Waals surface area contributed by atoms with Crippen molar-refractivity contribution in [1.82, 2.24) is 9.62 Å². The quantitative estimate of drug-likeness (QED) is 0.698. The van der Waals surface area contributed by atoms with E-state index in [1.807, 2.05) is 0 Å². The van der Waals surface area contributed by atoms with Crippen molar-refractivity contribution in [2.75, 3.05) is 19.6 Å². The van der Waals surface area contributed by atoms with Crippen LogP contribution >= 0.6 is 23.6 Å². The number of hydrogen-bond donors (Lipinski definition) is 2. The van der Waals surface area contributed by atoms with E-state index >= 15 is 0 Å². The van der Waals surface area contributed by atoms with Gasteiger partial charge in [0.1, 0.15) is 9.20 Å². The summed E-state index contributed by atoms with van der Waals surface area (Å²) in [4.78, 5) is 3.15. The topological polar surface area (TPSA) is 75.4 Å². The zero-order valence-electron chi connectivity index (χ0n) is 11.3. The molecule has 1 aliphatic carbocycles. The summed E-state index contributed by atoms with van der Waals surface area (Å²) in [5.74, 6) is 0. The second kappa shape index (κ2) is 6.48. The van der Waals surface area contributed by atoms with Crippen molar-refractivity contribution >= 4 is 38.6 Å². The third kappa shape index (κ3) is 3.98. The molecule has 5 nitrogen and oxygen atoms in total. The molecule has 0 radical (unpaired) electrons. The van der Waals surface area contributed by atoms with Crippen molar-refractivity contribution < 1.29 is 8.42 Å². The number of nitrogens with two attached hydrogens (primary N) is 1. The first-order valence-electron chi connectivity index (χ1n) is 6.57. The van der Waals surface area contributed by atoms with Crippen LogP contribution in [0.3, 0.4) is 0 Å². The zero-order chi connectivity index (χ0) is 14.8. The van der Waals surface area contributed by atoms with E-state index in [-0.39, 0.29) is 9.20 Å². The van der Waals surface area contributed by atoms with Gasteiger partial charge in [0.25, 0.3) is 0 Å². The standard InChI is InChI=1S/C12H19N3O2S3/c1-2-15(9-3-4-9)8-7-14-20(16,17)11-6-5-10(19-11)12(13)18/h5-6,9,14H,2-4,7-8H2,1H3,(H2,13,18). The Morgan fingerprint density at radius 2 is 2.25 bits per heavy atom. The van der Waals surface area contributed by atoms with E-state index in [0.29, 0.717) is 17.5 Å². The predicted octanol–water partition coefficient (Wildman–Crippen LogP) is 1.14. The van der Waals surface area contributed by atoms with Crippen LogP contribution < -0.4 is 10.5 Å². The van der Waals surface area contributed by atoms with Crippen molar-refractivity contribution in [3.05, 3.63) is 17.0 Å². The molecule has 1 aliphatic rings. The van der Waals surface area contributed by atoms with Gasteiger partial charge in [0.05, 0.1) is 4.88 Å². The van der Waals surface area contributed by atoms with Gasteiger partial charge in [-0.1, -0.05) is 19.1 Å². The molecule has 0 saturated heterocycles. The fraction of sp³-hybridized carbons (Fsp3) is 0.583. The Labute approximate surface area is 129 Å². The molecule has 0 bridgehead atoms. The number of hydrogen-bond acceptors (Lipinski definition) is 5. The van der Waals surface area contributed by atoms with Gasteiger partial charge in [0.15, 0.2) is 0 Å². The van der Waals surface area contributed by atoms with Crippen molar-refractivity contribution in [3.8, 4) is 0 Å². The Hall–Kier alpha value is -0.540. The van der Waals surface area contributed by atoms with Crippen molar-refractivity contribution in [1.29, 1.82) is 0 Å². The SMILES string of the molecule is CCN(CCNS(=O)(=O)c1ccc(C(N)=S)s1)C1CC1. The van der Waals surface area contributed by atoms with Gasteiger partial charge in [0, 0.05) is 19.1 Å². The maximum atomic E-state index is 12.1. The van der Waals surface area contributed by atoms with Gasteiger partial charge in [0.2, 0.25) is 10.0 Å². The Bertz CT molecular complexity index is 579. The molecule has 0 amide bonds. The van der Waals surface area contributed by atoms with E-state index in [1.165, 1.54) is 12.8 Å². The normalized spacial score (nSPS) is 15.7. The van der Waals surface area contributed by atoms with E-state index in [1.54, 1.807) is 12.1 Å². The van der Waals surface area contributed by atoms with Crippen LogP contribution in [-0.4, -0.2) is 44.0 Å². The minimum atomic E-state index is -3.46. The summed E-state index contributed by atoms with van der Waals surface area (Å²) in [5.41, 5.74) is 5.49. The Morgan fingerprint density at radius 3 is 2.75 bits per heavy atom. The van der Waals surface area contributed by atoms with E-state index in [0.717, 1.165) is 24.4 Å². The molecule has 0 unspecified atom stereocenters. The summed E-state index contributed by atoms with van der Waals surface area (Å²) < 4.78 is 27.1. The van der Waals surface area contributed by atoms with Gasteiger partial charge in [-0.05, 0) is 31.5 Å². The van der Waals surface area contributed by atoms with Crippen LogP contribution in [0.25, 0.3) is 0 Å². The van der Waals surface area contributed by atoms with Gasteiger partial charge in [-0.2, -0.15) is 0 Å². The number of thiophene rings is 1. The molecular formula is C12H19N3O2S3. The number of thiocarbonyl (C=S) groups is 1. The van der Waals surface area contributed by atoms with Gasteiger partial charge in [-0.3, -0.25) is 4.90 Å². The first-order chi connectivity index (χ1) is 9.44. The van der Waals surface area contributed by atoms with Gasteiger partial charge in [-0.25, -0.2) is 13.1 Å². The summed E-state index contributed by atoms with van der Waals surface area (Å²) in [6.45, 7) is 4.22. The molecule has 3 N–H and O–H groups in total. The highest BCUT2D eigenvalue weighted by atomic mass is 32.2. The molecule has 1 fully saturated rings. The lowest BCUT2D eigenvalue weighted by molar-refractivity contribution is 0.282. The Balaban J connectivity index is 1.91. The third-order valence-corrected chi connectivity index (χ3v) is 6.67. The van der Waals surface area contributed by atoms with E-state index in [9.17, 15) is 8.42 Å². The molecule has 0 aromatic carbocycles. The van der Waals surface area contributed by atoms with Crippen LogP contribution in [0.1, 0.15) is 24.6 Å². The van der Waals surface area contributed by atoms with Gasteiger partial charge in [-0.15, -0.1) is 11.3 Å². The fourth-order valence-corrected chi connectivity index (χ4v) is 4.45. The average molecular weight is 334 g/mol. The largest absolute Gasteiger partial charge is 0.389 e. The van der Waals surface area contributed by atoms with E-state index < -0.39 is 10.0 Å². The maximum Gasteiger partial charge on any atom is 0.250 e. The number of sulfonamides is 1. The van der Waals surface area contributed by atoms with E-state index in [4.69, 9.17) is 18.0 Å². The molecule has 8 heteroatoms. The molecule has 0 atom stereocenters. The first kappa shape index (κ1) is 15.8. The number of rotatable bonds is 8. The lowest BCUT2D eigenvalue weighted by Crippen LogP contribution is -2.35. The van der Waals surface area contributed by atoms with Crippen molar-refractivity contribution in [2.24, 2.45) is 5.73 Å². The van der Waals surface area contributed by atoms with Crippen LogP contribution in [0, 0.1) is 0 Å². The summed E-state index contributed by atoms with van der Waals surface area (Å²) >= 11 is 5.94. The summed E-state index contributed by atoms with van der Waals surface area (Å²) in [7, 11) is -3.46. The minimum absolute atomic E-state index is 0.224. The Kier molecular flexibility index (Phi) is 5.14. The molecule has 20 heavy (non-hydrogen) atoms. The molecule has 2 rings (SSSR count). The Morgan fingerprint density at radius 1 is 1.55 bits per heavy atom. The highest BCUT2D eigenvalue weighted by Crippen LogP contribution is 2.26. The molecule has 1 heterocycles. The van der Waals surface area contributed by atoms with Gasteiger partial charge < -0.3 is 5.73 Å². The number of likely N-dealkylation sites (N-methyl/N-ethyl adjacent to an activating group) is 1. The van der Waals surface area contributed by atoms with Crippen LogP contribution in [-0.2, 0) is 10.0 Å². The highest BCUT2D eigenvalue weighted by Gasteiger charge is 2.27. The second-order valence-corrected chi connectivity index (χ2v) is 8.26.